The van der Waals surface area contributed by atoms with Crippen LogP contribution in [0.15, 0.2) is 24.3 Å². The second-order valence-corrected chi connectivity index (χ2v) is 4.97. The molecule has 0 spiro atoms. The first-order chi connectivity index (χ1) is 8.63. The predicted molar refractivity (Wildman–Crippen MR) is 71.3 cm³/mol. The lowest BCUT2D eigenvalue weighted by Gasteiger charge is -2.38. The fraction of sp³-hybridized carbons (Fsp3) is 0.571. The van der Waals surface area contributed by atoms with Gasteiger partial charge in [-0.2, -0.15) is 0 Å². The summed E-state index contributed by atoms with van der Waals surface area (Å²) in [5, 5.41) is 0. The van der Waals surface area contributed by atoms with Crippen molar-refractivity contribution in [1.29, 1.82) is 0 Å². The van der Waals surface area contributed by atoms with Gasteiger partial charge in [-0.25, -0.2) is 4.39 Å². The van der Waals surface area contributed by atoms with E-state index in [-0.39, 0.29) is 11.4 Å². The average Bonchev–Trinajstić information content (AvgIpc) is 2.37. The second kappa shape index (κ2) is 5.67. The molecule has 1 aromatic rings. The van der Waals surface area contributed by atoms with Crippen LogP contribution in [0, 0.1) is 5.82 Å². The standard InChI is InChI=1S/C14H21FN2O/c1-2-17(13-5-3-4-12(15)10-13)11-14(16)6-8-18-9-7-14/h3-5,10H,2,6-9,11,16H2,1H3. The number of rotatable bonds is 4. The van der Waals surface area contributed by atoms with E-state index in [1.54, 1.807) is 12.1 Å². The van der Waals surface area contributed by atoms with Crippen molar-refractivity contribution < 1.29 is 9.13 Å². The van der Waals surface area contributed by atoms with E-state index >= 15 is 0 Å². The van der Waals surface area contributed by atoms with Gasteiger partial charge in [-0.3, -0.25) is 0 Å². The van der Waals surface area contributed by atoms with Crippen LogP contribution in [0.2, 0.25) is 0 Å². The molecule has 0 amide bonds. The first-order valence-electron chi connectivity index (χ1n) is 6.50. The number of nitrogens with two attached hydrogens (primary N) is 1. The van der Waals surface area contributed by atoms with Crippen LogP contribution in [0.1, 0.15) is 19.8 Å². The van der Waals surface area contributed by atoms with Crippen LogP contribution in [0.25, 0.3) is 0 Å². The summed E-state index contributed by atoms with van der Waals surface area (Å²) in [6.45, 7) is 5.07. The van der Waals surface area contributed by atoms with Crippen LogP contribution >= 0.6 is 0 Å². The third-order valence-electron chi connectivity index (χ3n) is 3.55. The molecule has 1 fully saturated rings. The summed E-state index contributed by atoms with van der Waals surface area (Å²) >= 11 is 0. The van der Waals surface area contributed by atoms with Gasteiger partial charge in [-0.15, -0.1) is 0 Å². The zero-order valence-corrected chi connectivity index (χ0v) is 10.9. The number of halogens is 1. The average molecular weight is 252 g/mol. The monoisotopic (exact) mass is 252 g/mol. The summed E-state index contributed by atoms with van der Waals surface area (Å²) in [5.41, 5.74) is 7.07. The van der Waals surface area contributed by atoms with Crippen LogP contribution < -0.4 is 10.6 Å². The van der Waals surface area contributed by atoms with Gasteiger partial charge in [-0.1, -0.05) is 6.07 Å². The Labute approximate surface area is 108 Å². The first kappa shape index (κ1) is 13.3. The molecular formula is C14H21FN2O. The number of anilines is 1. The molecule has 0 aliphatic carbocycles. The Morgan fingerprint density at radius 3 is 2.72 bits per heavy atom. The number of ether oxygens (including phenoxy) is 1. The summed E-state index contributed by atoms with van der Waals surface area (Å²) in [6.07, 6.45) is 1.72. The van der Waals surface area contributed by atoms with Gasteiger partial charge >= 0.3 is 0 Å². The van der Waals surface area contributed by atoms with E-state index in [2.05, 4.69) is 11.8 Å². The third-order valence-corrected chi connectivity index (χ3v) is 3.55. The van der Waals surface area contributed by atoms with Crippen molar-refractivity contribution in [2.45, 2.75) is 25.3 Å². The highest BCUT2D eigenvalue weighted by Crippen LogP contribution is 2.23. The van der Waals surface area contributed by atoms with Crippen LogP contribution in [0.3, 0.4) is 0 Å². The Kier molecular flexibility index (Phi) is 4.19. The zero-order chi connectivity index (χ0) is 13.0. The summed E-state index contributed by atoms with van der Waals surface area (Å²) in [6, 6.07) is 6.69. The minimum absolute atomic E-state index is 0.205. The lowest BCUT2D eigenvalue weighted by atomic mass is 9.90. The highest BCUT2D eigenvalue weighted by Gasteiger charge is 2.30. The zero-order valence-electron chi connectivity index (χ0n) is 10.9. The minimum atomic E-state index is -0.222. The van der Waals surface area contributed by atoms with E-state index < -0.39 is 0 Å². The summed E-state index contributed by atoms with van der Waals surface area (Å²) in [5.74, 6) is -0.205. The molecule has 1 aromatic carbocycles. The van der Waals surface area contributed by atoms with Gasteiger partial charge < -0.3 is 15.4 Å². The number of benzene rings is 1. The van der Waals surface area contributed by atoms with Crippen LogP contribution in [-0.4, -0.2) is 31.8 Å². The predicted octanol–water partition coefficient (Wildman–Crippen LogP) is 2.16. The maximum atomic E-state index is 13.3. The molecule has 2 N–H and O–H groups in total. The molecule has 0 bridgehead atoms. The van der Waals surface area contributed by atoms with Crippen molar-refractivity contribution in [3.8, 4) is 0 Å². The molecule has 0 unspecified atom stereocenters. The second-order valence-electron chi connectivity index (χ2n) is 4.97. The highest BCUT2D eigenvalue weighted by molar-refractivity contribution is 5.46. The molecule has 100 valence electrons. The molecule has 0 radical (unpaired) electrons. The molecule has 4 heteroatoms. The van der Waals surface area contributed by atoms with E-state index in [9.17, 15) is 4.39 Å². The van der Waals surface area contributed by atoms with Gasteiger partial charge in [0.25, 0.3) is 0 Å². The molecule has 2 rings (SSSR count). The molecule has 1 saturated heterocycles. The molecular weight excluding hydrogens is 231 g/mol. The maximum absolute atomic E-state index is 13.3. The van der Waals surface area contributed by atoms with E-state index in [0.717, 1.165) is 44.8 Å². The van der Waals surface area contributed by atoms with Gasteiger partial charge in [0.05, 0.1) is 0 Å². The minimum Gasteiger partial charge on any atom is -0.381 e. The molecule has 3 nitrogen and oxygen atoms in total. The Morgan fingerprint density at radius 2 is 2.11 bits per heavy atom. The topological polar surface area (TPSA) is 38.5 Å². The molecule has 0 aromatic heterocycles. The molecule has 0 atom stereocenters. The van der Waals surface area contributed by atoms with Gasteiger partial charge in [0, 0.05) is 37.5 Å². The number of hydrogen-bond donors (Lipinski definition) is 1. The lowest BCUT2D eigenvalue weighted by molar-refractivity contribution is 0.0555. The van der Waals surface area contributed by atoms with E-state index in [0.29, 0.717) is 0 Å². The van der Waals surface area contributed by atoms with Gasteiger partial charge in [0.1, 0.15) is 5.82 Å². The van der Waals surface area contributed by atoms with Crippen LogP contribution in [0.5, 0.6) is 0 Å². The maximum Gasteiger partial charge on any atom is 0.125 e. The Bertz CT molecular complexity index is 391. The summed E-state index contributed by atoms with van der Waals surface area (Å²) < 4.78 is 18.6. The molecule has 18 heavy (non-hydrogen) atoms. The highest BCUT2D eigenvalue weighted by atomic mass is 19.1. The first-order valence-corrected chi connectivity index (χ1v) is 6.50. The fourth-order valence-electron chi connectivity index (χ4n) is 2.37. The normalized spacial score (nSPS) is 18.6. The Balaban J connectivity index is 2.09. The molecule has 1 aliphatic rings. The summed E-state index contributed by atoms with van der Waals surface area (Å²) in [7, 11) is 0. The van der Waals surface area contributed by atoms with Gasteiger partial charge in [-0.05, 0) is 38.0 Å². The Morgan fingerprint density at radius 1 is 1.39 bits per heavy atom. The van der Waals surface area contributed by atoms with Crippen molar-refractivity contribution in [2.24, 2.45) is 5.73 Å². The quantitative estimate of drug-likeness (QED) is 0.892. The smallest absolute Gasteiger partial charge is 0.125 e. The van der Waals surface area contributed by atoms with Crippen molar-refractivity contribution in [2.75, 3.05) is 31.2 Å². The van der Waals surface area contributed by atoms with E-state index in [1.807, 2.05) is 6.07 Å². The molecule has 1 aliphatic heterocycles. The number of hydrogen-bond acceptors (Lipinski definition) is 3. The van der Waals surface area contributed by atoms with Crippen molar-refractivity contribution in [3.05, 3.63) is 30.1 Å². The molecule has 1 heterocycles. The number of likely N-dealkylation sites (N-methyl/N-ethyl adjacent to an activating group) is 1. The van der Waals surface area contributed by atoms with Crippen LogP contribution in [-0.2, 0) is 4.74 Å². The van der Waals surface area contributed by atoms with Crippen molar-refractivity contribution in [1.82, 2.24) is 0 Å². The molecule has 0 saturated carbocycles. The van der Waals surface area contributed by atoms with Crippen molar-refractivity contribution in [3.63, 3.8) is 0 Å². The number of nitrogens with zero attached hydrogens (tertiary/aromatic N) is 1. The Hall–Kier alpha value is -1.13. The largest absolute Gasteiger partial charge is 0.381 e. The third kappa shape index (κ3) is 3.21. The van der Waals surface area contributed by atoms with Crippen LogP contribution in [0.4, 0.5) is 10.1 Å². The van der Waals surface area contributed by atoms with Crippen molar-refractivity contribution >= 4 is 5.69 Å². The van der Waals surface area contributed by atoms with E-state index in [4.69, 9.17) is 10.5 Å². The fourth-order valence-corrected chi connectivity index (χ4v) is 2.37. The van der Waals surface area contributed by atoms with E-state index in [1.165, 1.54) is 6.07 Å². The lowest BCUT2D eigenvalue weighted by Crippen LogP contribution is -2.53. The van der Waals surface area contributed by atoms with Gasteiger partial charge in [0.15, 0.2) is 0 Å². The SMILES string of the molecule is CCN(CC1(N)CCOCC1)c1cccc(F)c1. The van der Waals surface area contributed by atoms with Gasteiger partial charge in [0.2, 0.25) is 0 Å². The summed E-state index contributed by atoms with van der Waals surface area (Å²) in [4.78, 5) is 2.13.